The summed E-state index contributed by atoms with van der Waals surface area (Å²) in [6, 6.07) is 0. The summed E-state index contributed by atoms with van der Waals surface area (Å²) in [4.78, 5) is 0. The Kier molecular flexibility index (Phi) is 29.5. The fourth-order valence-corrected chi connectivity index (χ4v) is 0. The molecule has 0 bridgehead atoms. The molecule has 0 unspecified atom stereocenters. The molecule has 0 spiro atoms. The molecule has 0 aliphatic heterocycles. The third kappa shape index (κ3) is 390. The van der Waals surface area contributed by atoms with Crippen LogP contribution in [0.5, 0.6) is 0 Å². The zero-order valence-electron chi connectivity index (χ0n) is 4.38. The SMILES string of the molecule is O=S(=O)([O-])[O-].OO.[ClH2+].[Na+]. The Morgan fingerprint density at radius 2 is 1.11 bits per heavy atom. The van der Waals surface area contributed by atoms with Crippen molar-refractivity contribution >= 4 is 10.4 Å². The average molecular weight is 191 g/mol. The summed E-state index contributed by atoms with van der Waals surface area (Å²) in [5.74, 6) is 0. The molecule has 0 radical (unpaired) electrons. The molecule has 0 aromatic carbocycles. The Balaban J connectivity index is -0.0000000286. The Morgan fingerprint density at radius 1 is 1.11 bits per heavy atom. The van der Waals surface area contributed by atoms with E-state index in [1.54, 1.807) is 0 Å². The van der Waals surface area contributed by atoms with E-state index >= 15 is 0 Å². The van der Waals surface area contributed by atoms with Gasteiger partial charge in [0.15, 0.2) is 0 Å². The monoisotopic (exact) mass is 190 g/mol. The molecule has 0 heterocycles. The first-order chi connectivity index (χ1) is 3.00. The first-order valence-corrected chi connectivity index (χ1v) is 2.20. The van der Waals surface area contributed by atoms with Crippen molar-refractivity contribution < 1.29 is 70.0 Å². The summed E-state index contributed by atoms with van der Waals surface area (Å²) < 4.78 is 34.1. The minimum absolute atomic E-state index is 0. The Morgan fingerprint density at radius 3 is 1.11 bits per heavy atom. The van der Waals surface area contributed by atoms with Crippen LogP contribution in [0, 0.1) is 12.4 Å². The molecule has 9 heavy (non-hydrogen) atoms. The maximum atomic E-state index is 8.52. The molecular formula is H4ClNaO6S. The maximum absolute atomic E-state index is 8.52. The van der Waals surface area contributed by atoms with Crippen molar-refractivity contribution in [3.63, 3.8) is 0 Å². The molecule has 0 aliphatic rings. The van der Waals surface area contributed by atoms with E-state index in [-0.39, 0.29) is 42.0 Å². The van der Waals surface area contributed by atoms with Crippen LogP contribution >= 0.6 is 0 Å². The van der Waals surface area contributed by atoms with Gasteiger partial charge in [-0.1, -0.05) is 0 Å². The van der Waals surface area contributed by atoms with Gasteiger partial charge in [-0.25, -0.2) is 0 Å². The van der Waals surface area contributed by atoms with Gasteiger partial charge in [0.1, 0.15) is 0 Å². The molecule has 0 saturated carbocycles. The number of hydrogen-bond donors (Lipinski definition) is 2. The molecule has 9 heteroatoms. The van der Waals surface area contributed by atoms with E-state index in [2.05, 4.69) is 0 Å². The molecule has 6 nitrogen and oxygen atoms in total. The first-order valence-electron chi connectivity index (χ1n) is 0.867. The van der Waals surface area contributed by atoms with Crippen LogP contribution in [0.4, 0.5) is 0 Å². The van der Waals surface area contributed by atoms with Gasteiger partial charge in [0, 0.05) is 10.4 Å². The fourth-order valence-electron chi connectivity index (χ4n) is 0. The summed E-state index contributed by atoms with van der Waals surface area (Å²) in [7, 11) is -5.17. The van der Waals surface area contributed by atoms with E-state index in [1.807, 2.05) is 0 Å². The van der Waals surface area contributed by atoms with Gasteiger partial charge in [-0.05, 0) is 0 Å². The standard InChI is InChI=1S/ClH2.Na.H2O4S.H2O2/c;;1-5(2,3)4;1-2/h1H2;;(H2,1,2,3,4);1-2H/q2*+1;;/p-2. The molecule has 0 aromatic heterocycles. The predicted octanol–water partition coefficient (Wildman–Crippen LogP) is -4.85. The largest absolute Gasteiger partial charge is 1.00 e. The van der Waals surface area contributed by atoms with Gasteiger partial charge in [0.25, 0.3) is 0 Å². The van der Waals surface area contributed by atoms with Crippen LogP contribution < -0.4 is 29.6 Å². The van der Waals surface area contributed by atoms with Crippen molar-refractivity contribution in [1.29, 1.82) is 0 Å². The van der Waals surface area contributed by atoms with Crippen molar-refractivity contribution in [2.45, 2.75) is 0 Å². The molecule has 0 fully saturated rings. The van der Waals surface area contributed by atoms with E-state index in [4.69, 9.17) is 28.0 Å². The van der Waals surface area contributed by atoms with E-state index in [9.17, 15) is 0 Å². The Hall–Kier alpha value is 1.08. The van der Waals surface area contributed by atoms with Crippen LogP contribution in [0.1, 0.15) is 0 Å². The van der Waals surface area contributed by atoms with Crippen molar-refractivity contribution in [2.75, 3.05) is 0 Å². The predicted molar refractivity (Wildman–Crippen MR) is 18.5 cm³/mol. The third-order valence-electron chi connectivity index (χ3n) is 0. The summed E-state index contributed by atoms with van der Waals surface area (Å²) in [6.07, 6.45) is 0. The molecular weight excluding hydrogens is 187 g/mol. The topological polar surface area (TPSA) is 121 Å². The van der Waals surface area contributed by atoms with Gasteiger partial charge in [0.2, 0.25) is 0 Å². The smallest absolute Gasteiger partial charge is 0.759 e. The summed E-state index contributed by atoms with van der Waals surface area (Å²) in [5, 5.41) is 12.0. The van der Waals surface area contributed by atoms with Gasteiger partial charge in [-0.3, -0.25) is 18.9 Å². The maximum Gasteiger partial charge on any atom is 1.00 e. The first kappa shape index (κ1) is 22.5. The zero-order valence-corrected chi connectivity index (χ0v) is 8.09. The summed E-state index contributed by atoms with van der Waals surface area (Å²) in [6.45, 7) is 0. The summed E-state index contributed by atoms with van der Waals surface area (Å²) in [5.41, 5.74) is 0. The van der Waals surface area contributed by atoms with Gasteiger partial charge in [0.05, 0.1) is 12.4 Å². The second-order valence-corrected chi connectivity index (χ2v) is 1.22. The van der Waals surface area contributed by atoms with Crippen molar-refractivity contribution in [2.24, 2.45) is 0 Å². The van der Waals surface area contributed by atoms with E-state index in [1.165, 1.54) is 0 Å². The van der Waals surface area contributed by atoms with Gasteiger partial charge < -0.3 is 9.11 Å². The minimum atomic E-state index is -5.17. The number of hydrogen-bond acceptors (Lipinski definition) is 6. The van der Waals surface area contributed by atoms with Crippen molar-refractivity contribution in [1.82, 2.24) is 0 Å². The molecule has 0 rings (SSSR count). The van der Waals surface area contributed by atoms with Crippen LogP contribution in [0.2, 0.25) is 0 Å². The average Bonchev–Trinajstić information content (AvgIpc) is 1.36. The van der Waals surface area contributed by atoms with Crippen LogP contribution in [-0.4, -0.2) is 28.0 Å². The van der Waals surface area contributed by atoms with Crippen LogP contribution in [-0.2, 0) is 10.4 Å². The van der Waals surface area contributed by atoms with E-state index in [0.29, 0.717) is 0 Å². The zero-order chi connectivity index (χ0) is 6.50. The number of rotatable bonds is 0. The van der Waals surface area contributed by atoms with E-state index in [0.717, 1.165) is 0 Å². The van der Waals surface area contributed by atoms with Crippen molar-refractivity contribution in [3.05, 3.63) is 0 Å². The minimum Gasteiger partial charge on any atom is -0.759 e. The van der Waals surface area contributed by atoms with Crippen LogP contribution in [0.25, 0.3) is 0 Å². The molecule has 0 saturated heterocycles. The Labute approximate surface area is 80.1 Å². The van der Waals surface area contributed by atoms with E-state index < -0.39 is 10.4 Å². The van der Waals surface area contributed by atoms with Crippen LogP contribution in [0.15, 0.2) is 0 Å². The molecule has 54 valence electrons. The number of halogens is 1. The molecule has 0 atom stereocenters. The molecule has 0 aromatic rings. The molecule has 0 aliphatic carbocycles. The second-order valence-electron chi connectivity index (χ2n) is 0.408. The van der Waals surface area contributed by atoms with Gasteiger partial charge in [-0.15, -0.1) is 0 Å². The normalized spacial score (nSPS) is 7.11. The van der Waals surface area contributed by atoms with Crippen molar-refractivity contribution in [3.8, 4) is 0 Å². The Bertz CT molecular complexity index is 96.2. The second kappa shape index (κ2) is 11.8. The van der Waals surface area contributed by atoms with Crippen LogP contribution in [0.3, 0.4) is 0 Å². The quantitative estimate of drug-likeness (QED) is 0.130. The molecule has 2 N–H and O–H groups in total. The van der Waals surface area contributed by atoms with Gasteiger partial charge >= 0.3 is 29.6 Å². The fraction of sp³-hybridized carbons (Fsp3) is 0. The third-order valence-corrected chi connectivity index (χ3v) is 0. The van der Waals surface area contributed by atoms with Gasteiger partial charge in [-0.2, -0.15) is 0 Å². The summed E-state index contributed by atoms with van der Waals surface area (Å²) >= 11 is 0. The molecule has 0 amide bonds.